The monoisotopic (exact) mass is 278 g/mol. The highest BCUT2D eigenvalue weighted by Crippen LogP contribution is 2.21. The molecule has 0 atom stereocenters. The normalized spacial score (nSPS) is 10.6. The third-order valence-electron chi connectivity index (χ3n) is 2.79. The van der Waals surface area contributed by atoms with E-state index in [-0.39, 0.29) is 17.3 Å². The first-order valence-electron chi connectivity index (χ1n) is 5.62. The van der Waals surface area contributed by atoms with Gasteiger partial charge in [0.1, 0.15) is 0 Å². The number of nitrogens with zero attached hydrogens (tertiary/aromatic N) is 1. The van der Waals surface area contributed by atoms with Gasteiger partial charge in [-0.3, -0.25) is 9.59 Å². The lowest BCUT2D eigenvalue weighted by molar-refractivity contribution is -0.137. The van der Waals surface area contributed by atoms with E-state index < -0.39 is 0 Å². The second kappa shape index (κ2) is 5.36. The van der Waals surface area contributed by atoms with Crippen LogP contribution >= 0.6 is 11.8 Å². The molecule has 5 nitrogen and oxygen atoms in total. The summed E-state index contributed by atoms with van der Waals surface area (Å²) in [4.78, 5) is 23.8. The van der Waals surface area contributed by atoms with Crippen LogP contribution in [0, 0.1) is 0 Å². The zero-order valence-electron chi connectivity index (χ0n) is 10.7. The van der Waals surface area contributed by atoms with Crippen LogP contribution < -0.4 is 11.3 Å². The molecule has 0 saturated carbocycles. The first-order chi connectivity index (χ1) is 9.02. The van der Waals surface area contributed by atoms with E-state index in [4.69, 9.17) is 5.73 Å². The number of fused-ring (bicyclic) bond motifs is 1. The van der Waals surface area contributed by atoms with E-state index in [0.717, 1.165) is 10.9 Å². The van der Waals surface area contributed by atoms with Crippen molar-refractivity contribution in [1.82, 2.24) is 4.57 Å². The summed E-state index contributed by atoms with van der Waals surface area (Å²) in [5, 5.41) is 0.870. The number of aromatic nitrogens is 1. The molecule has 0 amide bonds. The number of nitrogen functional groups attached to an aromatic ring is 1. The number of pyridine rings is 1. The van der Waals surface area contributed by atoms with Crippen molar-refractivity contribution < 1.29 is 9.53 Å². The Morgan fingerprint density at radius 3 is 2.84 bits per heavy atom. The molecule has 1 aromatic carbocycles. The topological polar surface area (TPSA) is 74.3 Å². The molecule has 0 radical (unpaired) electrons. The average Bonchev–Trinajstić information content (AvgIpc) is 2.40. The van der Waals surface area contributed by atoms with Gasteiger partial charge in [-0.25, -0.2) is 0 Å². The van der Waals surface area contributed by atoms with Crippen LogP contribution in [0.25, 0.3) is 10.9 Å². The molecule has 0 aliphatic heterocycles. The lowest BCUT2D eigenvalue weighted by Gasteiger charge is -2.08. The Kier molecular flexibility index (Phi) is 3.80. The predicted molar refractivity (Wildman–Crippen MR) is 76.3 cm³/mol. The summed E-state index contributed by atoms with van der Waals surface area (Å²) in [7, 11) is 3.02. The van der Waals surface area contributed by atoms with Gasteiger partial charge >= 0.3 is 5.97 Å². The molecule has 19 heavy (non-hydrogen) atoms. The van der Waals surface area contributed by atoms with Crippen molar-refractivity contribution in [2.45, 2.75) is 4.90 Å². The largest absolute Gasteiger partial charge is 0.468 e. The Labute approximate surface area is 114 Å². The van der Waals surface area contributed by atoms with Gasteiger partial charge in [0, 0.05) is 18.1 Å². The molecule has 0 fully saturated rings. The standard InChI is InChI=1S/C13H14N2O3S/c1-15-10-4-3-9(14)5-8(10)6-11(13(15)17)19-7-12(16)18-2/h3-6H,7,14H2,1-2H3. The summed E-state index contributed by atoms with van der Waals surface area (Å²) in [5.41, 5.74) is 7.05. The van der Waals surface area contributed by atoms with Crippen LogP contribution in [0.3, 0.4) is 0 Å². The molecule has 1 heterocycles. The molecule has 2 rings (SSSR count). The minimum atomic E-state index is -0.361. The van der Waals surface area contributed by atoms with E-state index in [0.29, 0.717) is 10.6 Å². The highest BCUT2D eigenvalue weighted by Gasteiger charge is 2.10. The number of benzene rings is 1. The van der Waals surface area contributed by atoms with Crippen molar-refractivity contribution in [3.63, 3.8) is 0 Å². The predicted octanol–water partition coefficient (Wildman–Crippen LogP) is 1.39. The van der Waals surface area contributed by atoms with Gasteiger partial charge in [-0.2, -0.15) is 0 Å². The fraction of sp³-hybridized carbons (Fsp3) is 0.231. The molecule has 2 N–H and O–H groups in total. The Balaban J connectivity index is 2.47. The lowest BCUT2D eigenvalue weighted by atomic mass is 10.2. The van der Waals surface area contributed by atoms with Gasteiger partial charge in [0.2, 0.25) is 0 Å². The number of hydrogen-bond acceptors (Lipinski definition) is 5. The number of anilines is 1. The lowest BCUT2D eigenvalue weighted by Crippen LogP contribution is -2.19. The second-order valence-electron chi connectivity index (χ2n) is 4.06. The molecule has 0 aliphatic rings. The van der Waals surface area contributed by atoms with Crippen molar-refractivity contribution in [3.05, 3.63) is 34.6 Å². The number of nitrogens with two attached hydrogens (primary N) is 1. The van der Waals surface area contributed by atoms with Crippen molar-refractivity contribution in [2.24, 2.45) is 7.05 Å². The van der Waals surface area contributed by atoms with Gasteiger partial charge in [0.15, 0.2) is 0 Å². The summed E-state index contributed by atoms with van der Waals surface area (Å²) in [5.74, 6) is -0.251. The van der Waals surface area contributed by atoms with Crippen LogP contribution in [0.2, 0.25) is 0 Å². The molecule has 0 spiro atoms. The molecule has 1 aromatic heterocycles. The fourth-order valence-corrected chi connectivity index (χ4v) is 2.63. The summed E-state index contributed by atoms with van der Waals surface area (Å²) in [6, 6.07) is 7.11. The van der Waals surface area contributed by atoms with E-state index >= 15 is 0 Å². The third-order valence-corrected chi connectivity index (χ3v) is 3.77. The molecule has 0 aliphatic carbocycles. The minimum Gasteiger partial charge on any atom is -0.468 e. The first kappa shape index (κ1) is 13.5. The van der Waals surface area contributed by atoms with Crippen LogP contribution in [0.15, 0.2) is 34.0 Å². The Hall–Kier alpha value is -1.95. The number of rotatable bonds is 3. The molecule has 0 bridgehead atoms. The van der Waals surface area contributed by atoms with Gasteiger partial charge in [-0.15, -0.1) is 11.8 Å². The molecular weight excluding hydrogens is 264 g/mol. The number of methoxy groups -OCH3 is 1. The maximum absolute atomic E-state index is 12.1. The van der Waals surface area contributed by atoms with Crippen LogP contribution in [0.1, 0.15) is 0 Å². The van der Waals surface area contributed by atoms with Gasteiger partial charge < -0.3 is 15.0 Å². The SMILES string of the molecule is COC(=O)CSc1cc2cc(N)ccc2n(C)c1=O. The van der Waals surface area contributed by atoms with Gasteiger partial charge in [0.05, 0.1) is 23.3 Å². The van der Waals surface area contributed by atoms with Crippen LogP contribution in [-0.2, 0) is 16.6 Å². The zero-order chi connectivity index (χ0) is 14.0. The van der Waals surface area contributed by atoms with E-state index in [9.17, 15) is 9.59 Å². The van der Waals surface area contributed by atoms with Crippen molar-refractivity contribution in [1.29, 1.82) is 0 Å². The number of ether oxygens (including phenoxy) is 1. The van der Waals surface area contributed by atoms with Gasteiger partial charge in [0.25, 0.3) is 5.56 Å². The average molecular weight is 278 g/mol. The Morgan fingerprint density at radius 2 is 2.16 bits per heavy atom. The van der Waals surface area contributed by atoms with E-state index in [1.165, 1.54) is 18.9 Å². The third kappa shape index (κ3) is 2.73. The number of aryl methyl sites for hydroxylation is 1. The van der Waals surface area contributed by atoms with Gasteiger partial charge in [-0.1, -0.05) is 0 Å². The zero-order valence-corrected chi connectivity index (χ0v) is 11.5. The number of carbonyl (C=O) groups is 1. The second-order valence-corrected chi connectivity index (χ2v) is 5.07. The van der Waals surface area contributed by atoms with Gasteiger partial charge in [-0.05, 0) is 24.3 Å². The van der Waals surface area contributed by atoms with Crippen LogP contribution in [-0.4, -0.2) is 23.4 Å². The van der Waals surface area contributed by atoms with E-state index in [1.807, 2.05) is 0 Å². The molecule has 6 heteroatoms. The number of carbonyl (C=O) groups excluding carboxylic acids is 1. The number of hydrogen-bond donors (Lipinski definition) is 1. The Bertz CT molecular complexity index is 694. The summed E-state index contributed by atoms with van der Waals surface area (Å²) in [6.45, 7) is 0. The maximum Gasteiger partial charge on any atom is 0.315 e. The van der Waals surface area contributed by atoms with Crippen molar-refractivity contribution in [2.75, 3.05) is 18.6 Å². The molecule has 100 valence electrons. The van der Waals surface area contributed by atoms with E-state index in [1.54, 1.807) is 35.9 Å². The highest BCUT2D eigenvalue weighted by atomic mass is 32.2. The van der Waals surface area contributed by atoms with Crippen molar-refractivity contribution >= 4 is 34.3 Å². The van der Waals surface area contributed by atoms with Crippen LogP contribution in [0.5, 0.6) is 0 Å². The Morgan fingerprint density at radius 1 is 1.42 bits per heavy atom. The summed E-state index contributed by atoms with van der Waals surface area (Å²) in [6.07, 6.45) is 0. The number of thioether (sulfide) groups is 1. The van der Waals surface area contributed by atoms with Crippen LogP contribution in [0.4, 0.5) is 5.69 Å². The van der Waals surface area contributed by atoms with E-state index in [2.05, 4.69) is 4.74 Å². The molecular formula is C13H14N2O3S. The maximum atomic E-state index is 12.1. The molecule has 0 saturated heterocycles. The molecule has 0 unspecified atom stereocenters. The highest BCUT2D eigenvalue weighted by molar-refractivity contribution is 8.00. The quantitative estimate of drug-likeness (QED) is 0.521. The fourth-order valence-electron chi connectivity index (χ4n) is 1.77. The smallest absolute Gasteiger partial charge is 0.315 e. The number of esters is 1. The summed E-state index contributed by atoms with van der Waals surface area (Å²) >= 11 is 1.17. The minimum absolute atomic E-state index is 0.111. The summed E-state index contributed by atoms with van der Waals surface area (Å²) < 4.78 is 6.11. The first-order valence-corrected chi connectivity index (χ1v) is 6.60. The molecule has 2 aromatic rings. The van der Waals surface area contributed by atoms with Crippen molar-refractivity contribution in [3.8, 4) is 0 Å².